The molecule has 0 saturated carbocycles. The van der Waals surface area contributed by atoms with Crippen molar-refractivity contribution in [3.8, 4) is 0 Å². The fraction of sp³-hybridized carbons (Fsp3) is 0.455. The van der Waals surface area contributed by atoms with E-state index in [-0.39, 0.29) is 10.6 Å². The zero-order valence-electron chi connectivity index (χ0n) is 9.19. The summed E-state index contributed by atoms with van der Waals surface area (Å²) >= 11 is 0. The lowest BCUT2D eigenvalue weighted by Gasteiger charge is -2.03. The molecule has 0 aliphatic rings. The summed E-state index contributed by atoms with van der Waals surface area (Å²) in [6, 6.07) is 6.77. The topological polar surface area (TPSA) is 81.2 Å². The quantitative estimate of drug-likeness (QED) is 0.411. The van der Waals surface area contributed by atoms with Gasteiger partial charge in [-0.25, -0.2) is 0 Å². The van der Waals surface area contributed by atoms with Crippen LogP contribution in [0.1, 0.15) is 12.0 Å². The summed E-state index contributed by atoms with van der Waals surface area (Å²) in [4.78, 5) is 10.2. The second kappa shape index (κ2) is 6.92. The van der Waals surface area contributed by atoms with E-state index in [9.17, 15) is 10.1 Å². The summed E-state index contributed by atoms with van der Waals surface area (Å²) in [5, 5.41) is 13.7. The molecule has 0 amide bonds. The zero-order valence-corrected chi connectivity index (χ0v) is 9.19. The Labute approximate surface area is 94.8 Å². The largest absolute Gasteiger partial charge is 0.329 e. The van der Waals surface area contributed by atoms with E-state index < -0.39 is 0 Å². The van der Waals surface area contributed by atoms with Gasteiger partial charge in [-0.15, -0.1) is 0 Å². The van der Waals surface area contributed by atoms with E-state index in [0.717, 1.165) is 31.5 Å². The normalized spacial score (nSPS) is 10.3. The van der Waals surface area contributed by atoms with Crippen LogP contribution in [0.25, 0.3) is 0 Å². The molecule has 0 unspecified atom stereocenters. The maximum atomic E-state index is 10.5. The molecule has 0 aliphatic heterocycles. The highest BCUT2D eigenvalue weighted by Gasteiger charge is 2.04. The van der Waals surface area contributed by atoms with Crippen LogP contribution < -0.4 is 11.1 Å². The Hall–Kier alpha value is -1.46. The lowest BCUT2D eigenvalue weighted by molar-refractivity contribution is -0.384. The minimum absolute atomic E-state index is 0.160. The van der Waals surface area contributed by atoms with E-state index in [1.165, 1.54) is 6.07 Å². The lowest BCUT2D eigenvalue weighted by atomic mass is 10.1. The maximum Gasteiger partial charge on any atom is 0.269 e. The van der Waals surface area contributed by atoms with E-state index in [0.29, 0.717) is 6.54 Å². The van der Waals surface area contributed by atoms with Gasteiger partial charge in [0, 0.05) is 25.2 Å². The van der Waals surface area contributed by atoms with Crippen LogP contribution in [0.4, 0.5) is 5.69 Å². The Kier molecular flexibility index (Phi) is 5.45. The Morgan fingerprint density at radius 2 is 2.19 bits per heavy atom. The highest BCUT2D eigenvalue weighted by Crippen LogP contribution is 2.13. The summed E-state index contributed by atoms with van der Waals surface area (Å²) < 4.78 is 0. The Morgan fingerprint density at radius 1 is 1.38 bits per heavy atom. The summed E-state index contributed by atoms with van der Waals surface area (Å²) in [6.45, 7) is 2.34. The van der Waals surface area contributed by atoms with E-state index >= 15 is 0 Å². The number of nitro benzene ring substituents is 1. The van der Waals surface area contributed by atoms with Crippen LogP contribution in [-0.2, 0) is 6.42 Å². The summed E-state index contributed by atoms with van der Waals surface area (Å²) in [7, 11) is 0. The molecular formula is C11H17N3O2. The predicted octanol–water partition coefficient (Wildman–Crippen LogP) is 1.08. The highest BCUT2D eigenvalue weighted by molar-refractivity contribution is 5.34. The van der Waals surface area contributed by atoms with E-state index in [1.54, 1.807) is 12.1 Å². The van der Waals surface area contributed by atoms with Crippen LogP contribution in [0, 0.1) is 10.1 Å². The number of hydrogen-bond donors (Lipinski definition) is 2. The Bertz CT molecular complexity index is 342. The number of aryl methyl sites for hydroxylation is 1. The van der Waals surface area contributed by atoms with Crippen molar-refractivity contribution in [1.82, 2.24) is 5.32 Å². The first kappa shape index (κ1) is 12.6. The average molecular weight is 223 g/mol. The molecule has 0 bridgehead atoms. The van der Waals surface area contributed by atoms with Crippen LogP contribution in [-0.4, -0.2) is 24.6 Å². The third-order valence-corrected chi connectivity index (χ3v) is 2.26. The highest BCUT2D eigenvalue weighted by atomic mass is 16.6. The number of benzene rings is 1. The molecule has 0 heterocycles. The molecule has 1 rings (SSSR count). The number of nitrogens with two attached hydrogens (primary N) is 1. The van der Waals surface area contributed by atoms with Crippen LogP contribution >= 0.6 is 0 Å². The second-order valence-electron chi connectivity index (χ2n) is 3.57. The lowest BCUT2D eigenvalue weighted by Crippen LogP contribution is -2.23. The molecule has 0 radical (unpaired) electrons. The van der Waals surface area contributed by atoms with Gasteiger partial charge in [-0.3, -0.25) is 10.1 Å². The molecule has 5 nitrogen and oxygen atoms in total. The molecule has 88 valence electrons. The van der Waals surface area contributed by atoms with Crippen molar-refractivity contribution in [2.75, 3.05) is 19.6 Å². The fourth-order valence-electron chi connectivity index (χ4n) is 1.47. The SMILES string of the molecule is NCCNCCCc1cccc([N+](=O)[O-])c1. The third-order valence-electron chi connectivity index (χ3n) is 2.26. The van der Waals surface area contributed by atoms with Gasteiger partial charge in [0.05, 0.1) is 4.92 Å². The van der Waals surface area contributed by atoms with Crippen LogP contribution in [0.5, 0.6) is 0 Å². The summed E-state index contributed by atoms with van der Waals surface area (Å²) in [5.74, 6) is 0. The van der Waals surface area contributed by atoms with Gasteiger partial charge < -0.3 is 11.1 Å². The van der Waals surface area contributed by atoms with Gasteiger partial charge in [-0.05, 0) is 24.9 Å². The van der Waals surface area contributed by atoms with Crippen molar-refractivity contribution in [2.45, 2.75) is 12.8 Å². The van der Waals surface area contributed by atoms with Crippen molar-refractivity contribution in [1.29, 1.82) is 0 Å². The maximum absolute atomic E-state index is 10.5. The first-order chi connectivity index (χ1) is 7.74. The minimum Gasteiger partial charge on any atom is -0.329 e. The van der Waals surface area contributed by atoms with Crippen molar-refractivity contribution < 1.29 is 4.92 Å². The average Bonchev–Trinajstić information content (AvgIpc) is 2.29. The number of non-ortho nitro benzene ring substituents is 1. The number of rotatable bonds is 7. The molecule has 0 aromatic heterocycles. The molecular weight excluding hydrogens is 206 g/mol. The smallest absolute Gasteiger partial charge is 0.269 e. The third kappa shape index (κ3) is 4.37. The standard InChI is InChI=1S/C11H17N3O2/c12-6-8-13-7-2-4-10-3-1-5-11(9-10)14(15)16/h1,3,5,9,13H,2,4,6-8,12H2. The van der Waals surface area contributed by atoms with Crippen molar-refractivity contribution in [2.24, 2.45) is 5.73 Å². The number of hydrogen-bond acceptors (Lipinski definition) is 4. The van der Waals surface area contributed by atoms with Crippen molar-refractivity contribution >= 4 is 5.69 Å². The van der Waals surface area contributed by atoms with Gasteiger partial charge in [0.25, 0.3) is 5.69 Å². The number of nitrogens with one attached hydrogen (secondary N) is 1. The van der Waals surface area contributed by atoms with Crippen LogP contribution in [0.2, 0.25) is 0 Å². The molecule has 0 spiro atoms. The fourth-order valence-corrected chi connectivity index (χ4v) is 1.47. The van der Waals surface area contributed by atoms with Crippen molar-refractivity contribution in [3.63, 3.8) is 0 Å². The van der Waals surface area contributed by atoms with Crippen LogP contribution in [0.15, 0.2) is 24.3 Å². The molecule has 1 aromatic rings. The second-order valence-corrected chi connectivity index (χ2v) is 3.57. The van der Waals surface area contributed by atoms with Gasteiger partial charge in [0.2, 0.25) is 0 Å². The van der Waals surface area contributed by atoms with Gasteiger partial charge in [-0.1, -0.05) is 12.1 Å². The van der Waals surface area contributed by atoms with Gasteiger partial charge in [0.15, 0.2) is 0 Å². The molecule has 0 fully saturated rings. The molecule has 0 aliphatic carbocycles. The van der Waals surface area contributed by atoms with Gasteiger partial charge >= 0.3 is 0 Å². The van der Waals surface area contributed by atoms with Crippen LogP contribution in [0.3, 0.4) is 0 Å². The number of nitro groups is 1. The molecule has 1 aromatic carbocycles. The van der Waals surface area contributed by atoms with E-state index in [4.69, 9.17) is 5.73 Å². The number of nitrogens with zero attached hydrogens (tertiary/aromatic N) is 1. The van der Waals surface area contributed by atoms with Crippen molar-refractivity contribution in [3.05, 3.63) is 39.9 Å². The molecule has 3 N–H and O–H groups in total. The molecule has 16 heavy (non-hydrogen) atoms. The Morgan fingerprint density at radius 3 is 2.88 bits per heavy atom. The van der Waals surface area contributed by atoms with E-state index in [2.05, 4.69) is 5.32 Å². The van der Waals surface area contributed by atoms with Gasteiger partial charge in [-0.2, -0.15) is 0 Å². The Balaban J connectivity index is 2.36. The molecule has 0 saturated heterocycles. The minimum atomic E-state index is -0.365. The molecule has 0 atom stereocenters. The summed E-state index contributed by atoms with van der Waals surface area (Å²) in [6.07, 6.45) is 1.81. The first-order valence-corrected chi connectivity index (χ1v) is 5.38. The molecule has 5 heteroatoms. The van der Waals surface area contributed by atoms with Gasteiger partial charge in [0.1, 0.15) is 0 Å². The van der Waals surface area contributed by atoms with E-state index in [1.807, 2.05) is 6.07 Å². The monoisotopic (exact) mass is 223 g/mol. The zero-order chi connectivity index (χ0) is 11.8. The predicted molar refractivity (Wildman–Crippen MR) is 63.3 cm³/mol. The summed E-state index contributed by atoms with van der Waals surface area (Å²) in [5.41, 5.74) is 6.50. The first-order valence-electron chi connectivity index (χ1n) is 5.38.